The third-order valence-corrected chi connectivity index (χ3v) is 6.74. The van der Waals surface area contributed by atoms with Crippen LogP contribution in [0.1, 0.15) is 52.2 Å². The van der Waals surface area contributed by atoms with Crippen molar-refractivity contribution in [2.45, 2.75) is 66.7 Å². The Bertz CT molecular complexity index is 688. The van der Waals surface area contributed by atoms with E-state index in [4.69, 9.17) is 4.43 Å². The highest BCUT2D eigenvalue weighted by Crippen LogP contribution is 2.55. The van der Waals surface area contributed by atoms with Crippen molar-refractivity contribution < 1.29 is 13.9 Å². The maximum atomic E-state index is 13.9. The van der Waals surface area contributed by atoms with Crippen molar-refractivity contribution in [1.82, 2.24) is 0 Å². The molecule has 0 spiro atoms. The molecule has 0 amide bonds. The van der Waals surface area contributed by atoms with Crippen LogP contribution in [0.25, 0.3) is 5.57 Å². The largest absolute Gasteiger partial charge is 0.408 e. The molecule has 0 fully saturated rings. The van der Waals surface area contributed by atoms with Crippen LogP contribution in [0.4, 0.5) is 4.39 Å². The Morgan fingerprint density at radius 2 is 1.88 bits per heavy atom. The van der Waals surface area contributed by atoms with Crippen LogP contribution in [0, 0.1) is 29.5 Å². The van der Waals surface area contributed by atoms with E-state index in [1.165, 1.54) is 6.07 Å². The fraction of sp³-hybridized carbons (Fsp3) is 0.636. The molecular weight excluding hydrogens is 343 g/mol. The van der Waals surface area contributed by atoms with Crippen LogP contribution in [-0.2, 0) is 4.43 Å². The van der Waals surface area contributed by atoms with E-state index in [0.717, 1.165) is 17.6 Å². The van der Waals surface area contributed by atoms with Crippen LogP contribution >= 0.6 is 0 Å². The minimum Gasteiger partial charge on any atom is -0.408 e. The zero-order valence-corrected chi connectivity index (χ0v) is 18.8. The highest BCUT2D eigenvalue weighted by molar-refractivity contribution is 6.48. The molecule has 2 rings (SSSR count). The van der Waals surface area contributed by atoms with Crippen LogP contribution < -0.4 is 0 Å². The number of benzene rings is 1. The number of aliphatic hydroxyl groups excluding tert-OH is 1. The van der Waals surface area contributed by atoms with E-state index >= 15 is 0 Å². The van der Waals surface area contributed by atoms with Crippen molar-refractivity contribution in [3.05, 3.63) is 41.2 Å². The summed E-state index contributed by atoms with van der Waals surface area (Å²) in [7, 11) is -1.43. The predicted molar refractivity (Wildman–Crippen MR) is 110 cm³/mol. The molecule has 0 radical (unpaired) electrons. The molecule has 1 aliphatic rings. The lowest BCUT2D eigenvalue weighted by Gasteiger charge is -2.54. The molecular formula is C22H35FO2Si. The van der Waals surface area contributed by atoms with Gasteiger partial charge in [-0.3, -0.25) is 0 Å². The van der Waals surface area contributed by atoms with Crippen molar-refractivity contribution in [1.29, 1.82) is 0 Å². The molecule has 2 unspecified atom stereocenters. The third kappa shape index (κ3) is 3.83. The average Bonchev–Trinajstić information content (AvgIpc) is 2.50. The molecule has 1 aliphatic carbocycles. The lowest BCUT2D eigenvalue weighted by molar-refractivity contribution is -0.0582. The summed E-state index contributed by atoms with van der Waals surface area (Å²) < 4.78 is 20.4. The second kappa shape index (κ2) is 7.21. The molecule has 26 heavy (non-hydrogen) atoms. The lowest BCUT2D eigenvalue weighted by Crippen LogP contribution is -2.56. The number of rotatable bonds is 4. The SMILES string of the molecule is Cc1cc(C2=CC(C(C)(C)C)CC(C)(C)C2(CO)O[SiH](C)C)ccc1F. The van der Waals surface area contributed by atoms with E-state index in [1.54, 1.807) is 6.92 Å². The van der Waals surface area contributed by atoms with Crippen LogP contribution in [-0.4, -0.2) is 26.4 Å². The monoisotopic (exact) mass is 378 g/mol. The molecule has 0 bridgehead atoms. The molecule has 2 atom stereocenters. The second-order valence-corrected chi connectivity index (χ2v) is 12.1. The minimum absolute atomic E-state index is 0.0652. The molecule has 1 aromatic rings. The van der Waals surface area contributed by atoms with Crippen LogP contribution in [0.3, 0.4) is 0 Å². The van der Waals surface area contributed by atoms with Gasteiger partial charge in [0, 0.05) is 0 Å². The van der Waals surface area contributed by atoms with E-state index < -0.39 is 14.6 Å². The Labute approximate surface area is 160 Å². The van der Waals surface area contributed by atoms with Gasteiger partial charge < -0.3 is 9.53 Å². The van der Waals surface area contributed by atoms with Gasteiger partial charge in [-0.25, -0.2) is 4.39 Å². The summed E-state index contributed by atoms with van der Waals surface area (Å²) in [5.41, 5.74) is 1.71. The Morgan fingerprint density at radius 1 is 1.27 bits per heavy atom. The quantitative estimate of drug-likeness (QED) is 0.717. The molecule has 0 aliphatic heterocycles. The van der Waals surface area contributed by atoms with Gasteiger partial charge in [0.25, 0.3) is 0 Å². The van der Waals surface area contributed by atoms with Gasteiger partial charge in [-0.15, -0.1) is 0 Å². The summed E-state index contributed by atoms with van der Waals surface area (Å²) >= 11 is 0. The first-order chi connectivity index (χ1) is 11.8. The van der Waals surface area contributed by atoms with E-state index in [0.29, 0.717) is 11.5 Å². The van der Waals surface area contributed by atoms with Crippen LogP contribution in [0.5, 0.6) is 0 Å². The van der Waals surface area contributed by atoms with Gasteiger partial charge >= 0.3 is 0 Å². The van der Waals surface area contributed by atoms with Crippen molar-refractivity contribution in [2.75, 3.05) is 6.61 Å². The first-order valence-corrected chi connectivity index (χ1v) is 12.4. The molecule has 4 heteroatoms. The molecule has 0 saturated heterocycles. The second-order valence-electron chi connectivity index (χ2n) is 9.76. The zero-order valence-electron chi connectivity index (χ0n) is 17.6. The van der Waals surface area contributed by atoms with Gasteiger partial charge in [-0.05, 0) is 72.0 Å². The molecule has 1 aromatic carbocycles. The summed E-state index contributed by atoms with van der Waals surface area (Å²) in [4.78, 5) is 0. The van der Waals surface area contributed by atoms with Crippen molar-refractivity contribution in [3.8, 4) is 0 Å². The molecule has 2 nitrogen and oxygen atoms in total. The summed E-state index contributed by atoms with van der Waals surface area (Å²) in [6.45, 7) is 17.1. The van der Waals surface area contributed by atoms with E-state index in [-0.39, 0.29) is 23.3 Å². The summed E-state index contributed by atoms with van der Waals surface area (Å²) in [5.74, 6) is 0.153. The Balaban J connectivity index is 2.75. The lowest BCUT2D eigenvalue weighted by atomic mass is 9.57. The van der Waals surface area contributed by atoms with Crippen molar-refractivity contribution in [3.63, 3.8) is 0 Å². The first-order valence-electron chi connectivity index (χ1n) is 9.61. The number of aliphatic hydroxyl groups is 1. The fourth-order valence-corrected chi connectivity index (χ4v) is 5.46. The molecule has 0 aromatic heterocycles. The maximum Gasteiger partial charge on any atom is 0.172 e. The van der Waals surface area contributed by atoms with Crippen LogP contribution in [0.2, 0.25) is 13.1 Å². The Kier molecular flexibility index (Phi) is 5.92. The highest BCUT2D eigenvalue weighted by Gasteiger charge is 2.53. The highest BCUT2D eigenvalue weighted by atomic mass is 28.3. The summed E-state index contributed by atoms with van der Waals surface area (Å²) in [6, 6.07) is 5.23. The number of aryl methyl sites for hydroxylation is 1. The smallest absolute Gasteiger partial charge is 0.172 e. The summed E-state index contributed by atoms with van der Waals surface area (Å²) in [5, 5.41) is 10.6. The Hall–Kier alpha value is -0.973. The molecule has 146 valence electrons. The maximum absolute atomic E-state index is 13.9. The molecule has 0 heterocycles. The minimum atomic E-state index is -1.43. The normalized spacial score (nSPS) is 26.1. The van der Waals surface area contributed by atoms with Gasteiger partial charge in [0.05, 0.1) is 6.61 Å². The number of allylic oxidation sites excluding steroid dienone is 1. The number of halogens is 1. The van der Waals surface area contributed by atoms with E-state index in [1.807, 2.05) is 12.1 Å². The molecule has 1 N–H and O–H groups in total. The van der Waals surface area contributed by atoms with Gasteiger partial charge in [-0.2, -0.15) is 0 Å². The van der Waals surface area contributed by atoms with Gasteiger partial charge in [-0.1, -0.05) is 46.8 Å². The topological polar surface area (TPSA) is 29.5 Å². The zero-order chi connectivity index (χ0) is 19.9. The average molecular weight is 379 g/mol. The number of hydrogen-bond donors (Lipinski definition) is 1. The fourth-order valence-electron chi connectivity index (χ4n) is 4.13. The van der Waals surface area contributed by atoms with Gasteiger partial charge in [0.15, 0.2) is 9.04 Å². The first kappa shape index (κ1) is 21.3. The van der Waals surface area contributed by atoms with Crippen LogP contribution in [0.15, 0.2) is 24.3 Å². The van der Waals surface area contributed by atoms with E-state index in [9.17, 15) is 9.50 Å². The summed E-state index contributed by atoms with van der Waals surface area (Å²) in [6.07, 6.45) is 3.23. The van der Waals surface area contributed by atoms with Gasteiger partial charge in [0.2, 0.25) is 0 Å². The molecule has 0 saturated carbocycles. The standard InChI is InChI=1S/C22H35FO2Si/c1-15-11-16(9-10-19(15)23)18-12-17(20(2,3)4)13-21(5,6)22(18,14-24)25-26(7)8/h9-12,17,24,26H,13-14H2,1-8H3. The Morgan fingerprint density at radius 3 is 2.35 bits per heavy atom. The van der Waals surface area contributed by atoms with Crippen molar-refractivity contribution >= 4 is 14.6 Å². The van der Waals surface area contributed by atoms with Gasteiger partial charge in [0.1, 0.15) is 11.4 Å². The number of hydrogen-bond acceptors (Lipinski definition) is 2. The van der Waals surface area contributed by atoms with E-state index in [2.05, 4.69) is 53.8 Å². The van der Waals surface area contributed by atoms with Crippen molar-refractivity contribution in [2.24, 2.45) is 16.7 Å². The third-order valence-electron chi connectivity index (χ3n) is 5.87. The predicted octanol–water partition coefficient (Wildman–Crippen LogP) is 5.34.